The van der Waals surface area contributed by atoms with Crippen molar-refractivity contribution >= 4 is 39.1 Å². The third-order valence-corrected chi connectivity index (χ3v) is 7.45. The second kappa shape index (κ2) is 8.28. The first kappa shape index (κ1) is 20.8. The number of para-hydroxylation sites is 3. The Hall–Kier alpha value is -4.56. The summed E-state index contributed by atoms with van der Waals surface area (Å²) in [5, 5.41) is 6.20. The molecule has 2 nitrogen and oxygen atoms in total. The summed E-state index contributed by atoms with van der Waals surface area (Å²) in [5.74, 6) is 0.332. The lowest BCUT2D eigenvalue weighted by atomic mass is 9.85. The third kappa shape index (κ3) is 3.19. The summed E-state index contributed by atoms with van der Waals surface area (Å²) < 4.78 is 2.37. The SMILES string of the molecule is C=C/C=C\c1cc2c(cc1C1=CC3c4ccccc4NC3C=C1)c1ccccc1n2-c1ccccc1. The molecule has 1 N–H and O–H groups in total. The van der Waals surface area contributed by atoms with Gasteiger partial charge in [-0.05, 0) is 58.7 Å². The minimum absolute atomic E-state index is 0.307. The highest BCUT2D eigenvalue weighted by molar-refractivity contribution is 6.11. The van der Waals surface area contributed by atoms with E-state index in [0.29, 0.717) is 12.0 Å². The Bertz CT molecular complexity index is 1730. The van der Waals surface area contributed by atoms with Crippen LogP contribution in [-0.2, 0) is 0 Å². The minimum Gasteiger partial charge on any atom is -0.378 e. The zero-order valence-corrected chi connectivity index (χ0v) is 19.9. The van der Waals surface area contributed by atoms with Gasteiger partial charge in [-0.25, -0.2) is 0 Å². The summed E-state index contributed by atoms with van der Waals surface area (Å²) >= 11 is 0. The molecule has 1 aromatic heterocycles. The zero-order chi connectivity index (χ0) is 24.1. The maximum absolute atomic E-state index is 3.92. The Morgan fingerprint density at radius 2 is 1.61 bits per heavy atom. The van der Waals surface area contributed by atoms with Gasteiger partial charge in [0.25, 0.3) is 0 Å². The first-order valence-corrected chi connectivity index (χ1v) is 12.5. The van der Waals surface area contributed by atoms with Gasteiger partial charge in [0.1, 0.15) is 0 Å². The van der Waals surface area contributed by atoms with Crippen LogP contribution in [0.2, 0.25) is 0 Å². The minimum atomic E-state index is 0.307. The normalized spacial score (nSPS) is 18.3. The molecule has 0 spiro atoms. The highest BCUT2D eigenvalue weighted by atomic mass is 15.0. The molecule has 5 aromatic rings. The molecule has 172 valence electrons. The number of benzene rings is 4. The number of aromatic nitrogens is 1. The van der Waals surface area contributed by atoms with E-state index >= 15 is 0 Å². The van der Waals surface area contributed by atoms with E-state index in [2.05, 4.69) is 132 Å². The lowest BCUT2D eigenvalue weighted by Crippen LogP contribution is -2.18. The van der Waals surface area contributed by atoms with Crippen LogP contribution in [0, 0.1) is 0 Å². The second-order valence-electron chi connectivity index (χ2n) is 9.50. The van der Waals surface area contributed by atoms with E-state index in [4.69, 9.17) is 0 Å². The fourth-order valence-corrected chi connectivity index (χ4v) is 5.83. The fourth-order valence-electron chi connectivity index (χ4n) is 5.83. The van der Waals surface area contributed by atoms with Crippen molar-refractivity contribution < 1.29 is 0 Å². The van der Waals surface area contributed by atoms with Gasteiger partial charge in [-0.2, -0.15) is 0 Å². The molecule has 2 unspecified atom stereocenters. The summed E-state index contributed by atoms with van der Waals surface area (Å²) in [5.41, 5.74) is 9.90. The topological polar surface area (TPSA) is 17.0 Å². The molecule has 7 rings (SSSR count). The fraction of sp³-hybridized carbons (Fsp3) is 0.0588. The Morgan fingerprint density at radius 3 is 2.50 bits per heavy atom. The van der Waals surface area contributed by atoms with Crippen LogP contribution in [-0.4, -0.2) is 10.6 Å². The van der Waals surface area contributed by atoms with Gasteiger partial charge in [0, 0.05) is 28.1 Å². The van der Waals surface area contributed by atoms with Gasteiger partial charge in [0.15, 0.2) is 0 Å². The van der Waals surface area contributed by atoms with E-state index in [-0.39, 0.29) is 0 Å². The van der Waals surface area contributed by atoms with Crippen LogP contribution in [0.5, 0.6) is 0 Å². The first-order valence-electron chi connectivity index (χ1n) is 12.5. The average Bonchev–Trinajstić information content (AvgIpc) is 3.46. The van der Waals surface area contributed by atoms with E-state index in [1.165, 1.54) is 55.4 Å². The van der Waals surface area contributed by atoms with Gasteiger partial charge >= 0.3 is 0 Å². The average molecular weight is 463 g/mol. The molecule has 0 bridgehead atoms. The predicted molar refractivity (Wildman–Crippen MR) is 154 cm³/mol. The van der Waals surface area contributed by atoms with Crippen LogP contribution in [0.25, 0.3) is 39.1 Å². The van der Waals surface area contributed by atoms with E-state index in [9.17, 15) is 0 Å². The Morgan fingerprint density at radius 1 is 0.806 bits per heavy atom. The second-order valence-corrected chi connectivity index (χ2v) is 9.50. The van der Waals surface area contributed by atoms with Crippen LogP contribution >= 0.6 is 0 Å². The van der Waals surface area contributed by atoms with Gasteiger partial charge in [0.2, 0.25) is 0 Å². The highest BCUT2D eigenvalue weighted by Gasteiger charge is 2.31. The number of nitrogens with one attached hydrogen (secondary N) is 1. The molecule has 0 amide bonds. The maximum atomic E-state index is 3.92. The van der Waals surface area contributed by atoms with Crippen LogP contribution < -0.4 is 5.32 Å². The van der Waals surface area contributed by atoms with Gasteiger partial charge in [-0.15, -0.1) is 0 Å². The molecule has 2 heterocycles. The molecule has 2 atom stereocenters. The Labute approximate surface area is 211 Å². The van der Waals surface area contributed by atoms with Crippen molar-refractivity contribution in [3.63, 3.8) is 0 Å². The Balaban J connectivity index is 1.48. The predicted octanol–water partition coefficient (Wildman–Crippen LogP) is 8.51. The van der Waals surface area contributed by atoms with Gasteiger partial charge in [-0.3, -0.25) is 0 Å². The summed E-state index contributed by atoms with van der Waals surface area (Å²) in [6, 6.07) is 33.0. The number of nitrogens with zero attached hydrogens (tertiary/aromatic N) is 1. The van der Waals surface area contributed by atoms with E-state index in [0.717, 1.165) is 0 Å². The summed E-state index contributed by atoms with van der Waals surface area (Å²) in [6.45, 7) is 3.92. The van der Waals surface area contributed by atoms with Crippen molar-refractivity contribution in [2.45, 2.75) is 12.0 Å². The van der Waals surface area contributed by atoms with Crippen LogP contribution in [0.3, 0.4) is 0 Å². The van der Waals surface area contributed by atoms with Crippen molar-refractivity contribution in [3.05, 3.63) is 145 Å². The maximum Gasteiger partial charge on any atom is 0.0552 e. The van der Waals surface area contributed by atoms with E-state index < -0.39 is 0 Å². The molecular weight excluding hydrogens is 436 g/mol. The van der Waals surface area contributed by atoms with Gasteiger partial charge in [0.05, 0.1) is 17.1 Å². The summed E-state index contributed by atoms with van der Waals surface area (Å²) in [7, 11) is 0. The smallest absolute Gasteiger partial charge is 0.0552 e. The number of anilines is 1. The standard InChI is InChI=1S/C34H26N2/c1-2-3-11-23-21-34-30(27-15-8-10-17-33(27)36(34)25-12-5-4-6-13-25)22-28(23)24-18-19-32-29(20-24)26-14-7-9-16-31(26)35-32/h2-22,29,32,35H,1H2/b11-3-. The molecule has 1 aliphatic heterocycles. The largest absolute Gasteiger partial charge is 0.378 e. The van der Waals surface area contributed by atoms with E-state index in [1.54, 1.807) is 0 Å². The van der Waals surface area contributed by atoms with Crippen molar-refractivity contribution in [1.29, 1.82) is 0 Å². The molecule has 2 aliphatic rings. The number of hydrogen-bond donors (Lipinski definition) is 1. The lowest BCUT2D eigenvalue weighted by Gasteiger charge is -2.21. The molecule has 1 aliphatic carbocycles. The number of fused-ring (bicyclic) bond motifs is 6. The lowest BCUT2D eigenvalue weighted by molar-refractivity contribution is 0.808. The van der Waals surface area contributed by atoms with Crippen molar-refractivity contribution in [2.75, 3.05) is 5.32 Å². The van der Waals surface area contributed by atoms with Crippen molar-refractivity contribution in [2.24, 2.45) is 0 Å². The molecule has 0 saturated heterocycles. The molecule has 0 saturated carbocycles. The summed E-state index contributed by atoms with van der Waals surface area (Å²) in [6.07, 6.45) is 13.1. The molecule has 0 radical (unpaired) electrons. The zero-order valence-electron chi connectivity index (χ0n) is 19.9. The molecule has 0 fully saturated rings. The molecule has 4 aromatic carbocycles. The van der Waals surface area contributed by atoms with Crippen LogP contribution in [0.15, 0.2) is 128 Å². The van der Waals surface area contributed by atoms with Gasteiger partial charge in [-0.1, -0.05) is 97.6 Å². The number of allylic oxidation sites excluding steroid dienone is 4. The summed E-state index contributed by atoms with van der Waals surface area (Å²) in [4.78, 5) is 0. The quantitative estimate of drug-likeness (QED) is 0.265. The third-order valence-electron chi connectivity index (χ3n) is 7.45. The monoisotopic (exact) mass is 462 g/mol. The van der Waals surface area contributed by atoms with Gasteiger partial charge < -0.3 is 9.88 Å². The first-order chi connectivity index (χ1) is 17.8. The van der Waals surface area contributed by atoms with Crippen molar-refractivity contribution in [3.8, 4) is 5.69 Å². The molecule has 36 heavy (non-hydrogen) atoms. The number of hydrogen-bond acceptors (Lipinski definition) is 1. The molecular formula is C34H26N2. The Kier molecular flexibility index (Phi) is 4.78. The highest BCUT2D eigenvalue weighted by Crippen LogP contribution is 2.43. The number of rotatable bonds is 4. The van der Waals surface area contributed by atoms with Crippen LogP contribution in [0.1, 0.15) is 22.6 Å². The van der Waals surface area contributed by atoms with E-state index in [1.807, 2.05) is 12.2 Å². The van der Waals surface area contributed by atoms with Crippen molar-refractivity contribution in [1.82, 2.24) is 4.57 Å². The van der Waals surface area contributed by atoms with Crippen LogP contribution in [0.4, 0.5) is 5.69 Å². The molecule has 2 heteroatoms.